The van der Waals surface area contributed by atoms with E-state index in [1.807, 2.05) is 0 Å². The molecule has 6 heteroatoms. The molecule has 0 aromatic heterocycles. The molecule has 0 bridgehead atoms. The molecule has 0 atom stereocenters. The second-order valence-corrected chi connectivity index (χ2v) is 2.64. The van der Waals surface area contributed by atoms with Crippen LogP contribution in [-0.2, 0) is 0 Å². The summed E-state index contributed by atoms with van der Waals surface area (Å²) in [7, 11) is 0. The highest BCUT2D eigenvalue weighted by molar-refractivity contribution is 7.80. The third kappa shape index (κ3) is 3.14. The molecule has 0 amide bonds. The van der Waals surface area contributed by atoms with Crippen LogP contribution in [0.5, 0.6) is 5.75 Å². The lowest BCUT2D eigenvalue weighted by Gasteiger charge is -2.08. The Labute approximate surface area is 76.7 Å². The molecule has 0 aliphatic carbocycles. The molecule has 0 radical (unpaired) electrons. The molecule has 1 aromatic rings. The summed E-state index contributed by atoms with van der Waals surface area (Å²) in [6.07, 6.45) is -4.80. The van der Waals surface area contributed by atoms with Crippen molar-refractivity contribution in [2.75, 3.05) is 0 Å². The molecule has 0 unspecified atom stereocenters. The summed E-state index contributed by atoms with van der Waals surface area (Å²) in [5.41, 5.74) is 0. The minimum atomic E-state index is -4.80. The van der Waals surface area contributed by atoms with E-state index >= 15 is 0 Å². The van der Waals surface area contributed by atoms with Gasteiger partial charge in [0.15, 0.2) is 0 Å². The van der Waals surface area contributed by atoms with Gasteiger partial charge in [0.1, 0.15) is 11.6 Å². The van der Waals surface area contributed by atoms with Gasteiger partial charge in [-0.25, -0.2) is 4.39 Å². The Hall–Kier alpha value is -0.910. The summed E-state index contributed by atoms with van der Waals surface area (Å²) < 4.78 is 50.9. The second-order valence-electron chi connectivity index (χ2n) is 2.16. The zero-order valence-electron chi connectivity index (χ0n) is 6.10. The highest BCUT2D eigenvalue weighted by Crippen LogP contribution is 2.25. The number of hydrogen-bond acceptors (Lipinski definition) is 2. The van der Waals surface area contributed by atoms with Crippen molar-refractivity contribution in [1.29, 1.82) is 0 Å². The van der Waals surface area contributed by atoms with Gasteiger partial charge in [-0.2, -0.15) is 0 Å². The molecular weight excluding hydrogens is 208 g/mol. The van der Waals surface area contributed by atoms with Crippen LogP contribution in [0.4, 0.5) is 17.6 Å². The van der Waals surface area contributed by atoms with Crippen molar-refractivity contribution in [2.24, 2.45) is 0 Å². The zero-order chi connectivity index (χ0) is 10.1. The van der Waals surface area contributed by atoms with E-state index in [1.54, 1.807) is 0 Å². The molecule has 0 aliphatic rings. The summed E-state index contributed by atoms with van der Waals surface area (Å²) in [5, 5.41) is 0. The van der Waals surface area contributed by atoms with E-state index in [1.165, 1.54) is 0 Å². The van der Waals surface area contributed by atoms with E-state index in [0.29, 0.717) is 6.07 Å². The third-order valence-corrected chi connectivity index (χ3v) is 1.52. The molecule has 0 N–H and O–H groups in total. The van der Waals surface area contributed by atoms with Crippen LogP contribution in [0, 0.1) is 5.82 Å². The monoisotopic (exact) mass is 212 g/mol. The summed E-state index contributed by atoms with van der Waals surface area (Å²) >= 11 is 3.64. The topological polar surface area (TPSA) is 9.23 Å². The predicted octanol–water partition coefficient (Wildman–Crippen LogP) is 3.01. The van der Waals surface area contributed by atoms with Gasteiger partial charge < -0.3 is 4.74 Å². The zero-order valence-corrected chi connectivity index (χ0v) is 6.99. The van der Waals surface area contributed by atoms with Crippen LogP contribution >= 0.6 is 12.6 Å². The Morgan fingerprint density at radius 1 is 1.23 bits per heavy atom. The Kier molecular flexibility index (Phi) is 2.70. The third-order valence-electron chi connectivity index (χ3n) is 1.15. The van der Waals surface area contributed by atoms with Gasteiger partial charge in [-0.15, -0.1) is 25.8 Å². The lowest BCUT2D eigenvalue weighted by Crippen LogP contribution is -2.17. The summed E-state index contributed by atoms with van der Waals surface area (Å²) in [6, 6.07) is 2.69. The lowest BCUT2D eigenvalue weighted by atomic mass is 10.3. The van der Waals surface area contributed by atoms with Crippen molar-refractivity contribution in [2.45, 2.75) is 11.3 Å². The molecule has 0 saturated heterocycles. The van der Waals surface area contributed by atoms with E-state index in [0.717, 1.165) is 12.1 Å². The number of benzene rings is 1. The molecule has 0 fully saturated rings. The number of halogens is 4. The van der Waals surface area contributed by atoms with Gasteiger partial charge in [0.05, 0.1) is 0 Å². The summed E-state index contributed by atoms with van der Waals surface area (Å²) in [4.78, 5) is -0.0328. The average molecular weight is 212 g/mol. The van der Waals surface area contributed by atoms with Gasteiger partial charge in [-0.05, 0) is 12.1 Å². The van der Waals surface area contributed by atoms with Crippen molar-refractivity contribution < 1.29 is 22.3 Å². The number of rotatable bonds is 1. The van der Waals surface area contributed by atoms with Crippen molar-refractivity contribution >= 4 is 12.6 Å². The quantitative estimate of drug-likeness (QED) is 0.556. The standard InChI is InChI=1S/C7H4F4OS/c8-5-3-4(1-2-6(5)13)12-7(9,10)11/h1-3,13H. The van der Waals surface area contributed by atoms with E-state index in [-0.39, 0.29) is 4.90 Å². The Bertz CT molecular complexity index is 310. The molecule has 72 valence electrons. The molecule has 0 heterocycles. The normalized spacial score (nSPS) is 11.5. The average Bonchev–Trinajstić information content (AvgIpc) is 1.94. The predicted molar refractivity (Wildman–Crippen MR) is 40.3 cm³/mol. The van der Waals surface area contributed by atoms with E-state index < -0.39 is 17.9 Å². The number of hydrogen-bond donors (Lipinski definition) is 1. The van der Waals surface area contributed by atoms with Crippen LogP contribution in [0.15, 0.2) is 23.1 Å². The molecule has 13 heavy (non-hydrogen) atoms. The molecular formula is C7H4F4OS. The van der Waals surface area contributed by atoms with Crippen molar-refractivity contribution in [3.8, 4) is 5.75 Å². The Balaban J connectivity index is 2.86. The number of alkyl halides is 3. The highest BCUT2D eigenvalue weighted by Gasteiger charge is 2.31. The van der Waals surface area contributed by atoms with Crippen molar-refractivity contribution in [3.63, 3.8) is 0 Å². The maximum Gasteiger partial charge on any atom is 0.573 e. The maximum atomic E-state index is 12.6. The Morgan fingerprint density at radius 3 is 2.31 bits per heavy atom. The van der Waals surface area contributed by atoms with Crippen molar-refractivity contribution in [1.82, 2.24) is 0 Å². The molecule has 0 aliphatic heterocycles. The van der Waals surface area contributed by atoms with Crippen molar-refractivity contribution in [3.05, 3.63) is 24.0 Å². The van der Waals surface area contributed by atoms with Crippen LogP contribution in [0.3, 0.4) is 0 Å². The summed E-state index contributed by atoms with van der Waals surface area (Å²) in [6.45, 7) is 0. The van der Waals surface area contributed by atoms with E-state index in [9.17, 15) is 17.6 Å². The van der Waals surface area contributed by atoms with Gasteiger partial charge in [-0.3, -0.25) is 0 Å². The fraction of sp³-hybridized carbons (Fsp3) is 0.143. The van der Waals surface area contributed by atoms with Gasteiger partial charge in [-0.1, -0.05) is 0 Å². The fourth-order valence-corrected chi connectivity index (χ4v) is 0.824. The minimum absolute atomic E-state index is 0.0328. The fourth-order valence-electron chi connectivity index (χ4n) is 0.685. The SMILES string of the molecule is Fc1cc(OC(F)(F)F)ccc1S. The molecule has 1 rings (SSSR count). The van der Waals surface area contributed by atoms with Gasteiger partial charge in [0.25, 0.3) is 0 Å². The molecule has 0 spiro atoms. The number of thiol groups is 1. The van der Waals surface area contributed by atoms with Gasteiger partial charge in [0, 0.05) is 11.0 Å². The van der Waals surface area contributed by atoms with Crippen LogP contribution in [0.25, 0.3) is 0 Å². The van der Waals surface area contributed by atoms with Gasteiger partial charge in [0.2, 0.25) is 0 Å². The first-order valence-electron chi connectivity index (χ1n) is 3.13. The molecule has 1 nitrogen and oxygen atoms in total. The van der Waals surface area contributed by atoms with Crippen LogP contribution in [0.2, 0.25) is 0 Å². The highest BCUT2D eigenvalue weighted by atomic mass is 32.1. The summed E-state index contributed by atoms with van der Waals surface area (Å²) in [5.74, 6) is -1.45. The minimum Gasteiger partial charge on any atom is -0.406 e. The largest absolute Gasteiger partial charge is 0.573 e. The lowest BCUT2D eigenvalue weighted by molar-refractivity contribution is -0.274. The second kappa shape index (κ2) is 3.45. The smallest absolute Gasteiger partial charge is 0.406 e. The number of ether oxygens (including phenoxy) is 1. The van der Waals surface area contributed by atoms with E-state index in [4.69, 9.17) is 0 Å². The van der Waals surface area contributed by atoms with Gasteiger partial charge >= 0.3 is 6.36 Å². The van der Waals surface area contributed by atoms with Crippen LogP contribution in [-0.4, -0.2) is 6.36 Å². The molecule has 0 saturated carbocycles. The Morgan fingerprint density at radius 2 is 1.85 bits per heavy atom. The first-order valence-corrected chi connectivity index (χ1v) is 3.57. The van der Waals surface area contributed by atoms with E-state index in [2.05, 4.69) is 17.4 Å². The first kappa shape index (κ1) is 10.2. The van der Waals surface area contributed by atoms with Crippen LogP contribution < -0.4 is 4.74 Å². The first-order chi connectivity index (χ1) is 5.88. The van der Waals surface area contributed by atoms with Crippen LogP contribution in [0.1, 0.15) is 0 Å². The maximum absolute atomic E-state index is 12.6. The molecule has 1 aromatic carbocycles.